The molecule has 1 aliphatic heterocycles. The number of likely N-dealkylation sites (tertiary alicyclic amines) is 1. The van der Waals surface area contributed by atoms with Crippen molar-refractivity contribution in [2.24, 2.45) is 11.8 Å². The van der Waals surface area contributed by atoms with Crippen LogP contribution in [0.15, 0.2) is 0 Å². The smallest absolute Gasteiger partial charge is 0.249 e. The van der Waals surface area contributed by atoms with Crippen molar-refractivity contribution < 1.29 is 8.78 Å². The highest BCUT2D eigenvalue weighted by atomic mass is 19.3. The van der Waals surface area contributed by atoms with Crippen LogP contribution in [-0.4, -0.2) is 30.5 Å². The second-order valence-electron chi connectivity index (χ2n) is 4.60. The Morgan fingerprint density at radius 1 is 1.46 bits per heavy atom. The molecule has 3 heteroatoms. The van der Waals surface area contributed by atoms with E-state index in [2.05, 4.69) is 18.7 Å². The molecule has 1 saturated heterocycles. The molecule has 1 heterocycles. The van der Waals surface area contributed by atoms with Gasteiger partial charge in [-0.2, -0.15) is 0 Å². The van der Waals surface area contributed by atoms with Crippen LogP contribution in [0.4, 0.5) is 8.78 Å². The van der Waals surface area contributed by atoms with Crippen LogP contribution in [0.1, 0.15) is 27.2 Å². The number of hydrogen-bond acceptors (Lipinski definition) is 1. The fourth-order valence-corrected chi connectivity index (χ4v) is 1.93. The molecule has 0 spiro atoms. The van der Waals surface area contributed by atoms with Crippen LogP contribution < -0.4 is 0 Å². The molecule has 0 bridgehead atoms. The second-order valence-corrected chi connectivity index (χ2v) is 4.60. The van der Waals surface area contributed by atoms with E-state index in [1.807, 2.05) is 0 Å². The molecule has 1 atom stereocenters. The van der Waals surface area contributed by atoms with E-state index < -0.39 is 11.8 Å². The molecule has 0 N–H and O–H groups in total. The van der Waals surface area contributed by atoms with E-state index in [-0.39, 0.29) is 0 Å². The van der Waals surface area contributed by atoms with Gasteiger partial charge in [-0.15, -0.1) is 0 Å². The van der Waals surface area contributed by atoms with Crippen LogP contribution in [0.25, 0.3) is 0 Å². The number of nitrogens with zero attached hydrogens (tertiary/aromatic N) is 1. The van der Waals surface area contributed by atoms with Gasteiger partial charge in [0.1, 0.15) is 0 Å². The molecule has 1 fully saturated rings. The van der Waals surface area contributed by atoms with E-state index in [9.17, 15) is 8.78 Å². The molecule has 0 saturated carbocycles. The van der Waals surface area contributed by atoms with Crippen molar-refractivity contribution in [2.45, 2.75) is 33.1 Å². The molecule has 78 valence electrons. The minimum atomic E-state index is -2.49. The zero-order valence-electron chi connectivity index (χ0n) is 8.69. The Bertz CT molecular complexity index is 163. The normalized spacial score (nSPS) is 25.8. The van der Waals surface area contributed by atoms with E-state index in [4.69, 9.17) is 0 Å². The highest BCUT2D eigenvalue weighted by Crippen LogP contribution is 2.31. The Hall–Kier alpha value is -0.180. The molecule has 1 aliphatic rings. The Morgan fingerprint density at radius 2 is 2.08 bits per heavy atom. The Balaban J connectivity index is 2.36. The molecule has 0 amide bonds. The summed E-state index contributed by atoms with van der Waals surface area (Å²) in [5.74, 6) is -2.35. The topological polar surface area (TPSA) is 3.24 Å². The summed E-state index contributed by atoms with van der Waals surface area (Å²) in [6, 6.07) is 0. The predicted octanol–water partition coefficient (Wildman–Crippen LogP) is 2.62. The van der Waals surface area contributed by atoms with E-state index in [1.165, 1.54) is 0 Å². The van der Waals surface area contributed by atoms with Gasteiger partial charge in [0.15, 0.2) is 0 Å². The van der Waals surface area contributed by atoms with Gasteiger partial charge < -0.3 is 4.90 Å². The van der Waals surface area contributed by atoms with Crippen LogP contribution in [0.3, 0.4) is 0 Å². The van der Waals surface area contributed by atoms with Gasteiger partial charge in [-0.25, -0.2) is 8.78 Å². The largest absolute Gasteiger partial charge is 0.303 e. The molecule has 13 heavy (non-hydrogen) atoms. The maximum Gasteiger partial charge on any atom is 0.249 e. The van der Waals surface area contributed by atoms with E-state index in [0.717, 1.165) is 20.0 Å². The van der Waals surface area contributed by atoms with Crippen molar-refractivity contribution in [1.82, 2.24) is 4.90 Å². The fourth-order valence-electron chi connectivity index (χ4n) is 1.93. The van der Waals surface area contributed by atoms with Crippen LogP contribution in [-0.2, 0) is 0 Å². The molecule has 1 rings (SSSR count). The first-order valence-electron chi connectivity index (χ1n) is 4.99. The summed E-state index contributed by atoms with van der Waals surface area (Å²) in [6.45, 7) is 7.64. The van der Waals surface area contributed by atoms with Gasteiger partial charge in [0.25, 0.3) is 0 Å². The number of halogens is 2. The Labute approximate surface area is 79.1 Å². The summed E-state index contributed by atoms with van der Waals surface area (Å²) in [5.41, 5.74) is 0. The summed E-state index contributed by atoms with van der Waals surface area (Å²) in [6.07, 6.45) is 0.649. The number of alkyl halides is 2. The molecular weight excluding hydrogens is 172 g/mol. The van der Waals surface area contributed by atoms with Gasteiger partial charge in [0, 0.05) is 19.0 Å². The summed E-state index contributed by atoms with van der Waals surface area (Å²) < 4.78 is 25.8. The van der Waals surface area contributed by atoms with Crippen LogP contribution >= 0.6 is 0 Å². The van der Waals surface area contributed by atoms with Crippen molar-refractivity contribution in [3.63, 3.8) is 0 Å². The summed E-state index contributed by atoms with van der Waals surface area (Å²) in [4.78, 5) is 2.15. The van der Waals surface area contributed by atoms with E-state index >= 15 is 0 Å². The average Bonchev–Trinajstić information content (AvgIpc) is 2.32. The monoisotopic (exact) mass is 191 g/mol. The number of rotatable bonds is 3. The maximum atomic E-state index is 12.9. The third-order valence-electron chi connectivity index (χ3n) is 2.61. The van der Waals surface area contributed by atoms with Gasteiger partial charge >= 0.3 is 0 Å². The molecule has 0 aliphatic carbocycles. The predicted molar refractivity (Wildman–Crippen MR) is 50.0 cm³/mol. The molecule has 0 aromatic heterocycles. The zero-order valence-corrected chi connectivity index (χ0v) is 8.69. The summed E-state index contributed by atoms with van der Waals surface area (Å²) in [5, 5.41) is 0. The fraction of sp³-hybridized carbons (Fsp3) is 1.00. The molecular formula is C10H19F2N. The third kappa shape index (κ3) is 3.22. The van der Waals surface area contributed by atoms with Gasteiger partial charge in [-0.3, -0.25) is 0 Å². The van der Waals surface area contributed by atoms with Crippen LogP contribution in [0, 0.1) is 11.8 Å². The highest BCUT2D eigenvalue weighted by Gasteiger charge is 2.38. The first-order chi connectivity index (χ1) is 5.89. The van der Waals surface area contributed by atoms with Crippen LogP contribution in [0.2, 0.25) is 0 Å². The Morgan fingerprint density at radius 3 is 2.46 bits per heavy atom. The quantitative estimate of drug-likeness (QED) is 0.663. The lowest BCUT2D eigenvalue weighted by atomic mass is 10.0. The van der Waals surface area contributed by atoms with Crippen molar-refractivity contribution in [1.29, 1.82) is 0 Å². The van der Waals surface area contributed by atoms with Crippen molar-refractivity contribution in [3.8, 4) is 0 Å². The molecule has 1 nitrogen and oxygen atoms in total. The SMILES string of the molecule is CC(C)CN1CCC(C(C)(F)F)C1. The van der Waals surface area contributed by atoms with Crippen LogP contribution in [0.5, 0.6) is 0 Å². The van der Waals surface area contributed by atoms with E-state index in [0.29, 0.717) is 18.9 Å². The molecule has 0 radical (unpaired) electrons. The third-order valence-corrected chi connectivity index (χ3v) is 2.61. The first-order valence-corrected chi connectivity index (χ1v) is 4.99. The van der Waals surface area contributed by atoms with Crippen molar-refractivity contribution >= 4 is 0 Å². The van der Waals surface area contributed by atoms with Gasteiger partial charge in [0.05, 0.1) is 0 Å². The first kappa shape index (κ1) is 10.9. The van der Waals surface area contributed by atoms with Crippen molar-refractivity contribution in [2.75, 3.05) is 19.6 Å². The van der Waals surface area contributed by atoms with E-state index in [1.54, 1.807) is 0 Å². The van der Waals surface area contributed by atoms with Crippen molar-refractivity contribution in [3.05, 3.63) is 0 Å². The highest BCUT2D eigenvalue weighted by molar-refractivity contribution is 4.83. The summed E-state index contributed by atoms with van der Waals surface area (Å²) >= 11 is 0. The lowest BCUT2D eigenvalue weighted by molar-refractivity contribution is -0.0353. The van der Waals surface area contributed by atoms with Gasteiger partial charge in [0.2, 0.25) is 5.92 Å². The molecule has 0 aromatic rings. The van der Waals surface area contributed by atoms with Gasteiger partial charge in [-0.05, 0) is 25.8 Å². The lowest BCUT2D eigenvalue weighted by Gasteiger charge is -2.21. The molecule has 1 unspecified atom stereocenters. The zero-order chi connectivity index (χ0) is 10.1. The maximum absolute atomic E-state index is 12.9. The molecule has 0 aromatic carbocycles. The summed E-state index contributed by atoms with van der Waals surface area (Å²) in [7, 11) is 0. The Kier molecular flexibility index (Phi) is 3.28. The second kappa shape index (κ2) is 3.91. The number of hydrogen-bond donors (Lipinski definition) is 0. The standard InChI is InChI=1S/C10H19F2N/c1-8(2)6-13-5-4-9(7-13)10(3,11)12/h8-9H,4-7H2,1-3H3. The minimum absolute atomic E-state index is 0.425. The average molecular weight is 191 g/mol. The minimum Gasteiger partial charge on any atom is -0.303 e. The lowest BCUT2D eigenvalue weighted by Crippen LogP contribution is -2.30. The van der Waals surface area contributed by atoms with Gasteiger partial charge in [-0.1, -0.05) is 13.8 Å².